The van der Waals surface area contributed by atoms with E-state index in [1.165, 1.54) is 30.3 Å². The molecule has 0 aliphatic rings. The number of hydrogen-bond donors (Lipinski definition) is 0. The summed E-state index contributed by atoms with van der Waals surface area (Å²) in [4.78, 5) is 4.41. The van der Waals surface area contributed by atoms with Gasteiger partial charge in [0.2, 0.25) is 0 Å². The van der Waals surface area contributed by atoms with Gasteiger partial charge in [-0.25, -0.2) is 22.2 Å². The number of aryl methyl sites for hydroxylation is 2. The molecular formula is C20H18F2N4O3S. The lowest BCUT2D eigenvalue weighted by Gasteiger charge is -2.12. The molecule has 0 amide bonds. The minimum absolute atomic E-state index is 0.0678. The van der Waals surface area contributed by atoms with Crippen LogP contribution < -0.4 is 4.74 Å². The van der Waals surface area contributed by atoms with Crippen molar-refractivity contribution in [2.24, 2.45) is 7.05 Å². The first-order chi connectivity index (χ1) is 14.1. The van der Waals surface area contributed by atoms with Gasteiger partial charge in [0.25, 0.3) is 0 Å². The predicted octanol–water partition coefficient (Wildman–Crippen LogP) is 3.42. The maximum atomic E-state index is 14.8. The fraction of sp³-hybridized carbons (Fsp3) is 0.200. The number of methoxy groups -OCH3 is 1. The van der Waals surface area contributed by atoms with E-state index in [2.05, 4.69) is 10.1 Å². The van der Waals surface area contributed by atoms with Crippen LogP contribution in [0.5, 0.6) is 5.75 Å². The fourth-order valence-corrected chi connectivity index (χ4v) is 4.15. The summed E-state index contributed by atoms with van der Waals surface area (Å²) in [5, 5.41) is 4.34. The van der Waals surface area contributed by atoms with E-state index >= 15 is 0 Å². The van der Waals surface area contributed by atoms with Gasteiger partial charge in [-0.05, 0) is 25.1 Å². The van der Waals surface area contributed by atoms with E-state index in [0.717, 1.165) is 18.4 Å². The molecular weight excluding hydrogens is 414 g/mol. The molecule has 156 valence electrons. The predicted molar refractivity (Wildman–Crippen MR) is 108 cm³/mol. The van der Waals surface area contributed by atoms with E-state index in [4.69, 9.17) is 4.74 Å². The second kappa shape index (κ2) is 6.91. The van der Waals surface area contributed by atoms with Crippen LogP contribution in [0.1, 0.15) is 5.69 Å². The van der Waals surface area contributed by atoms with Crippen molar-refractivity contribution in [2.45, 2.75) is 11.8 Å². The lowest BCUT2D eigenvalue weighted by molar-refractivity contribution is 0.407. The van der Waals surface area contributed by atoms with Crippen molar-refractivity contribution in [3.05, 3.63) is 54.0 Å². The van der Waals surface area contributed by atoms with Gasteiger partial charge >= 0.3 is 0 Å². The quantitative estimate of drug-likeness (QED) is 0.494. The maximum Gasteiger partial charge on any atom is 0.175 e. The number of rotatable bonds is 4. The Morgan fingerprint density at radius 1 is 1.07 bits per heavy atom. The summed E-state index contributed by atoms with van der Waals surface area (Å²) in [7, 11) is -0.416. The Morgan fingerprint density at radius 2 is 1.73 bits per heavy atom. The highest BCUT2D eigenvalue weighted by Gasteiger charge is 2.25. The zero-order valence-corrected chi connectivity index (χ0v) is 17.5. The van der Waals surface area contributed by atoms with E-state index < -0.39 is 21.5 Å². The molecule has 0 saturated heterocycles. The molecule has 0 aliphatic heterocycles. The molecule has 0 radical (unpaired) electrons. The minimum atomic E-state index is -3.40. The molecule has 4 rings (SSSR count). The Morgan fingerprint density at radius 3 is 2.33 bits per heavy atom. The lowest BCUT2D eigenvalue weighted by atomic mass is 10.0. The second-order valence-corrected chi connectivity index (χ2v) is 8.93. The molecule has 0 bridgehead atoms. The molecule has 0 fully saturated rings. The van der Waals surface area contributed by atoms with Gasteiger partial charge in [0.1, 0.15) is 29.5 Å². The molecule has 2 aromatic carbocycles. The molecule has 7 nitrogen and oxygen atoms in total. The van der Waals surface area contributed by atoms with E-state index in [-0.39, 0.29) is 21.8 Å². The Kier molecular flexibility index (Phi) is 4.61. The molecule has 4 aromatic rings. The number of aromatic nitrogens is 4. The Bertz CT molecular complexity index is 1380. The smallest absolute Gasteiger partial charge is 0.175 e. The van der Waals surface area contributed by atoms with Gasteiger partial charge in [0.15, 0.2) is 9.84 Å². The first-order valence-corrected chi connectivity index (χ1v) is 10.8. The molecule has 30 heavy (non-hydrogen) atoms. The lowest BCUT2D eigenvalue weighted by Crippen LogP contribution is -2.04. The summed E-state index contributed by atoms with van der Waals surface area (Å²) >= 11 is 0. The number of fused-ring (bicyclic) bond motifs is 1. The first kappa shape index (κ1) is 20.0. The van der Waals surface area contributed by atoms with Crippen molar-refractivity contribution in [3.8, 4) is 22.7 Å². The van der Waals surface area contributed by atoms with Crippen LogP contribution in [0.2, 0.25) is 0 Å². The van der Waals surface area contributed by atoms with E-state index in [1.807, 2.05) is 0 Å². The number of sulfone groups is 1. The Labute approximate surface area is 171 Å². The SMILES string of the molecule is COc1cc(F)c(-c2c(C)nn(C)c2-n2cnc3cc(S(C)(=O)=O)ccc32)c(F)c1. The average Bonchev–Trinajstić information content (AvgIpc) is 3.20. The van der Waals surface area contributed by atoms with Crippen LogP contribution >= 0.6 is 0 Å². The van der Waals surface area contributed by atoms with Crippen molar-refractivity contribution >= 4 is 20.9 Å². The molecule has 0 atom stereocenters. The number of ether oxygens (including phenoxy) is 1. The van der Waals surface area contributed by atoms with Crippen molar-refractivity contribution in [2.75, 3.05) is 13.4 Å². The van der Waals surface area contributed by atoms with Gasteiger partial charge in [0.05, 0.1) is 39.9 Å². The minimum Gasteiger partial charge on any atom is -0.497 e. The molecule has 0 aliphatic carbocycles. The van der Waals surface area contributed by atoms with Crippen LogP contribution in [0, 0.1) is 18.6 Å². The molecule has 2 heterocycles. The van der Waals surface area contributed by atoms with Gasteiger partial charge in [-0.15, -0.1) is 0 Å². The van der Waals surface area contributed by atoms with E-state index in [0.29, 0.717) is 22.5 Å². The molecule has 0 spiro atoms. The largest absolute Gasteiger partial charge is 0.497 e. The van der Waals surface area contributed by atoms with Crippen LogP contribution in [0.4, 0.5) is 8.78 Å². The van der Waals surface area contributed by atoms with Crippen LogP contribution in [0.15, 0.2) is 41.6 Å². The highest BCUT2D eigenvalue weighted by atomic mass is 32.2. The number of imidazole rings is 1. The maximum absolute atomic E-state index is 14.8. The van der Waals surface area contributed by atoms with Gasteiger partial charge in [-0.2, -0.15) is 5.10 Å². The topological polar surface area (TPSA) is 79.0 Å². The zero-order valence-electron chi connectivity index (χ0n) is 16.6. The Hall–Kier alpha value is -3.27. The monoisotopic (exact) mass is 432 g/mol. The first-order valence-electron chi connectivity index (χ1n) is 8.86. The Balaban J connectivity index is 1.99. The summed E-state index contributed by atoms with van der Waals surface area (Å²) in [5.74, 6) is -1.11. The molecule has 2 aromatic heterocycles. The van der Waals surface area contributed by atoms with E-state index in [9.17, 15) is 17.2 Å². The summed E-state index contributed by atoms with van der Waals surface area (Å²) in [6.45, 7) is 1.66. The van der Waals surface area contributed by atoms with Crippen LogP contribution in [-0.2, 0) is 16.9 Å². The third-order valence-corrected chi connectivity index (χ3v) is 5.98. The number of nitrogens with zero attached hydrogens (tertiary/aromatic N) is 4. The van der Waals surface area contributed by atoms with Crippen molar-refractivity contribution in [3.63, 3.8) is 0 Å². The van der Waals surface area contributed by atoms with E-state index in [1.54, 1.807) is 24.6 Å². The van der Waals surface area contributed by atoms with Crippen molar-refractivity contribution < 1.29 is 21.9 Å². The normalized spacial score (nSPS) is 11.9. The van der Waals surface area contributed by atoms with Gasteiger partial charge in [-0.1, -0.05) is 0 Å². The molecule has 0 saturated carbocycles. The summed E-state index contributed by atoms with van der Waals surface area (Å²) in [6, 6.07) is 6.75. The fourth-order valence-electron chi connectivity index (χ4n) is 3.51. The summed E-state index contributed by atoms with van der Waals surface area (Å²) in [5.41, 5.74) is 1.46. The average molecular weight is 432 g/mol. The highest BCUT2D eigenvalue weighted by molar-refractivity contribution is 7.90. The summed E-state index contributed by atoms with van der Waals surface area (Å²) < 4.78 is 61.4. The van der Waals surface area contributed by atoms with Crippen LogP contribution in [0.25, 0.3) is 28.0 Å². The van der Waals surface area contributed by atoms with Gasteiger partial charge in [0, 0.05) is 25.4 Å². The van der Waals surface area contributed by atoms with Gasteiger partial charge < -0.3 is 4.74 Å². The number of benzene rings is 2. The third kappa shape index (κ3) is 3.13. The number of hydrogen-bond acceptors (Lipinski definition) is 5. The van der Waals surface area contributed by atoms with Crippen molar-refractivity contribution in [1.29, 1.82) is 0 Å². The van der Waals surface area contributed by atoms with Crippen LogP contribution in [-0.4, -0.2) is 41.1 Å². The highest BCUT2D eigenvalue weighted by Crippen LogP contribution is 2.37. The molecule has 10 heteroatoms. The standard InChI is InChI=1S/C20H18F2N4O3S/c1-11-18(19-14(21)7-12(29-3)8-15(19)22)20(25(2)24-11)26-10-23-16-9-13(30(4,27)28)5-6-17(16)26/h5-10H,1-4H3. The van der Waals surface area contributed by atoms with Gasteiger partial charge in [-0.3, -0.25) is 9.25 Å². The molecule has 0 N–H and O–H groups in total. The zero-order chi connectivity index (χ0) is 21.8. The molecule has 0 unspecified atom stereocenters. The third-order valence-electron chi connectivity index (χ3n) is 4.87. The second-order valence-electron chi connectivity index (χ2n) is 6.91. The van der Waals surface area contributed by atoms with Crippen LogP contribution in [0.3, 0.4) is 0 Å². The summed E-state index contributed by atoms with van der Waals surface area (Å²) in [6.07, 6.45) is 2.58. The van der Waals surface area contributed by atoms with Crippen molar-refractivity contribution in [1.82, 2.24) is 19.3 Å². The number of halogens is 2.